The Morgan fingerprint density at radius 1 is 1.47 bits per heavy atom. The molecule has 0 bridgehead atoms. The minimum absolute atomic E-state index is 0.0835. The summed E-state index contributed by atoms with van der Waals surface area (Å²) in [4.78, 5) is 11.1. The third-order valence-corrected chi connectivity index (χ3v) is 2.58. The van der Waals surface area contributed by atoms with Gasteiger partial charge in [0.1, 0.15) is 0 Å². The lowest BCUT2D eigenvalue weighted by molar-refractivity contribution is 0.166. The third kappa shape index (κ3) is 5.20. The summed E-state index contributed by atoms with van der Waals surface area (Å²) in [7, 11) is 1.37. The number of benzene rings is 1. The first-order valence-corrected chi connectivity index (χ1v) is 5.75. The molecule has 0 saturated heterocycles. The van der Waals surface area contributed by atoms with Gasteiger partial charge in [-0.15, -0.1) is 6.58 Å². The van der Waals surface area contributed by atoms with Crippen LogP contribution >= 0.6 is 0 Å². The van der Waals surface area contributed by atoms with Gasteiger partial charge in [0.2, 0.25) is 0 Å². The van der Waals surface area contributed by atoms with E-state index in [1.165, 1.54) is 12.7 Å². The first-order chi connectivity index (χ1) is 8.26. The van der Waals surface area contributed by atoms with Crippen LogP contribution in [0.5, 0.6) is 0 Å². The number of hydrogen-bond acceptors (Lipinski definition) is 2. The lowest BCUT2D eigenvalue weighted by atomic mass is 10.0. The number of carbonyl (C=O) groups excluding carboxylic acids is 1. The van der Waals surface area contributed by atoms with Gasteiger partial charge in [0, 0.05) is 6.04 Å². The van der Waals surface area contributed by atoms with E-state index >= 15 is 0 Å². The largest absolute Gasteiger partial charge is 0.453 e. The zero-order chi connectivity index (χ0) is 12.5. The summed E-state index contributed by atoms with van der Waals surface area (Å²) in [5.74, 6) is 0. The predicted octanol–water partition coefficient (Wildman–Crippen LogP) is 2.92. The van der Waals surface area contributed by atoms with Crippen LogP contribution in [0.25, 0.3) is 0 Å². The Hall–Kier alpha value is -1.77. The molecule has 0 fully saturated rings. The molecular weight excluding hydrogens is 214 g/mol. The maximum absolute atomic E-state index is 11.1. The molecule has 1 rings (SSSR count). The molecule has 0 spiro atoms. The Morgan fingerprint density at radius 3 is 2.76 bits per heavy atom. The lowest BCUT2D eigenvalue weighted by Crippen LogP contribution is -2.34. The van der Waals surface area contributed by atoms with Gasteiger partial charge < -0.3 is 10.1 Å². The van der Waals surface area contributed by atoms with Gasteiger partial charge in [-0.3, -0.25) is 0 Å². The van der Waals surface area contributed by atoms with Crippen LogP contribution in [0.2, 0.25) is 0 Å². The average Bonchev–Trinajstić information content (AvgIpc) is 2.37. The molecule has 0 radical (unpaired) electrons. The van der Waals surface area contributed by atoms with Gasteiger partial charge in [0.05, 0.1) is 7.11 Å². The molecule has 3 heteroatoms. The fourth-order valence-electron chi connectivity index (χ4n) is 1.66. The average molecular weight is 233 g/mol. The standard InChI is InChI=1S/C14H19NO2/c1-3-7-13(15-14(16)17-2)11-10-12-8-5-4-6-9-12/h3-6,8-9,13H,1,7,10-11H2,2H3,(H,15,16)/t13-/m0/s1. The van der Waals surface area contributed by atoms with Gasteiger partial charge in [-0.1, -0.05) is 36.4 Å². The van der Waals surface area contributed by atoms with Gasteiger partial charge in [-0.05, 0) is 24.8 Å². The normalized spacial score (nSPS) is 11.6. The van der Waals surface area contributed by atoms with Crippen LogP contribution in [0.4, 0.5) is 4.79 Å². The molecule has 92 valence electrons. The van der Waals surface area contributed by atoms with E-state index < -0.39 is 0 Å². The highest BCUT2D eigenvalue weighted by molar-refractivity contribution is 5.67. The molecule has 0 aliphatic rings. The summed E-state index contributed by atoms with van der Waals surface area (Å²) in [5, 5.41) is 2.81. The number of amides is 1. The maximum Gasteiger partial charge on any atom is 0.407 e. The fourth-order valence-corrected chi connectivity index (χ4v) is 1.66. The molecule has 1 atom stereocenters. The molecule has 1 aromatic carbocycles. The van der Waals surface area contributed by atoms with Crippen molar-refractivity contribution in [2.75, 3.05) is 7.11 Å². The van der Waals surface area contributed by atoms with Crippen LogP contribution in [0.1, 0.15) is 18.4 Å². The molecule has 0 aromatic heterocycles. The number of carbonyl (C=O) groups is 1. The van der Waals surface area contributed by atoms with Crippen LogP contribution in [0, 0.1) is 0 Å². The molecule has 0 saturated carbocycles. The Balaban J connectivity index is 2.44. The van der Waals surface area contributed by atoms with Crippen LogP contribution < -0.4 is 5.32 Å². The molecule has 0 aliphatic heterocycles. The minimum Gasteiger partial charge on any atom is -0.453 e. The van der Waals surface area contributed by atoms with E-state index in [0.29, 0.717) is 0 Å². The van der Waals surface area contributed by atoms with Gasteiger partial charge in [-0.2, -0.15) is 0 Å². The predicted molar refractivity (Wildman–Crippen MR) is 68.9 cm³/mol. The Morgan fingerprint density at radius 2 is 2.18 bits per heavy atom. The van der Waals surface area contributed by atoms with Crippen molar-refractivity contribution in [2.45, 2.75) is 25.3 Å². The topological polar surface area (TPSA) is 38.3 Å². The summed E-state index contributed by atoms with van der Waals surface area (Å²) < 4.78 is 4.59. The second-order valence-electron chi connectivity index (χ2n) is 3.88. The zero-order valence-electron chi connectivity index (χ0n) is 10.2. The van der Waals surface area contributed by atoms with Crippen LogP contribution in [-0.2, 0) is 11.2 Å². The SMILES string of the molecule is C=CC[C@@H](CCc1ccccc1)NC(=O)OC. The van der Waals surface area contributed by atoms with E-state index in [4.69, 9.17) is 0 Å². The van der Waals surface area contributed by atoms with Crippen molar-refractivity contribution >= 4 is 6.09 Å². The number of hydrogen-bond donors (Lipinski definition) is 1. The first kappa shape index (κ1) is 13.3. The van der Waals surface area contributed by atoms with Crippen molar-refractivity contribution in [3.63, 3.8) is 0 Å². The number of methoxy groups -OCH3 is 1. The van der Waals surface area contributed by atoms with Gasteiger partial charge in [0.25, 0.3) is 0 Å². The van der Waals surface area contributed by atoms with Crippen LogP contribution in [0.3, 0.4) is 0 Å². The van der Waals surface area contributed by atoms with Gasteiger partial charge in [-0.25, -0.2) is 4.79 Å². The quantitative estimate of drug-likeness (QED) is 0.767. The van der Waals surface area contributed by atoms with Crippen molar-refractivity contribution in [3.8, 4) is 0 Å². The fraction of sp³-hybridized carbons (Fsp3) is 0.357. The second kappa shape index (κ2) is 7.49. The lowest BCUT2D eigenvalue weighted by Gasteiger charge is -2.16. The van der Waals surface area contributed by atoms with Crippen molar-refractivity contribution in [1.29, 1.82) is 0 Å². The molecular formula is C14H19NO2. The molecule has 3 nitrogen and oxygen atoms in total. The van der Waals surface area contributed by atoms with Crippen molar-refractivity contribution in [1.82, 2.24) is 5.32 Å². The smallest absolute Gasteiger partial charge is 0.407 e. The van der Waals surface area contributed by atoms with Crippen molar-refractivity contribution < 1.29 is 9.53 Å². The molecule has 17 heavy (non-hydrogen) atoms. The Kier molecular flexibility index (Phi) is 5.86. The summed E-state index contributed by atoms with van der Waals surface area (Å²) in [6, 6.07) is 10.3. The van der Waals surface area contributed by atoms with E-state index in [0.717, 1.165) is 19.3 Å². The third-order valence-electron chi connectivity index (χ3n) is 2.58. The van der Waals surface area contributed by atoms with E-state index in [1.807, 2.05) is 24.3 Å². The van der Waals surface area contributed by atoms with Gasteiger partial charge >= 0.3 is 6.09 Å². The highest BCUT2D eigenvalue weighted by atomic mass is 16.5. The molecule has 0 aliphatic carbocycles. The molecule has 1 amide bonds. The van der Waals surface area contributed by atoms with Crippen molar-refractivity contribution in [2.24, 2.45) is 0 Å². The summed E-state index contributed by atoms with van der Waals surface area (Å²) in [6.45, 7) is 3.70. The zero-order valence-corrected chi connectivity index (χ0v) is 10.2. The van der Waals surface area contributed by atoms with E-state index in [2.05, 4.69) is 28.8 Å². The minimum atomic E-state index is -0.384. The number of nitrogens with one attached hydrogen (secondary N) is 1. The summed E-state index contributed by atoms with van der Waals surface area (Å²) in [6.07, 6.45) is 3.99. The summed E-state index contributed by atoms with van der Waals surface area (Å²) in [5.41, 5.74) is 1.27. The molecule has 1 aromatic rings. The van der Waals surface area contributed by atoms with Crippen LogP contribution in [-0.4, -0.2) is 19.2 Å². The van der Waals surface area contributed by atoms with E-state index in [-0.39, 0.29) is 12.1 Å². The highest BCUT2D eigenvalue weighted by Gasteiger charge is 2.10. The Bertz CT molecular complexity index is 348. The summed E-state index contributed by atoms with van der Waals surface area (Å²) >= 11 is 0. The highest BCUT2D eigenvalue weighted by Crippen LogP contribution is 2.07. The first-order valence-electron chi connectivity index (χ1n) is 5.75. The van der Waals surface area contributed by atoms with E-state index in [9.17, 15) is 4.79 Å². The van der Waals surface area contributed by atoms with Gasteiger partial charge in [0.15, 0.2) is 0 Å². The molecule has 0 heterocycles. The second-order valence-corrected chi connectivity index (χ2v) is 3.88. The number of aryl methyl sites for hydroxylation is 1. The van der Waals surface area contributed by atoms with Crippen molar-refractivity contribution in [3.05, 3.63) is 48.6 Å². The van der Waals surface area contributed by atoms with Crippen LogP contribution in [0.15, 0.2) is 43.0 Å². The molecule has 1 N–H and O–H groups in total. The Labute approximate surface area is 102 Å². The monoisotopic (exact) mass is 233 g/mol. The number of rotatable bonds is 6. The molecule has 0 unspecified atom stereocenters. The maximum atomic E-state index is 11.1. The number of ether oxygens (including phenoxy) is 1. The van der Waals surface area contributed by atoms with E-state index in [1.54, 1.807) is 0 Å². The number of alkyl carbamates (subject to hydrolysis) is 1.